The maximum Gasteiger partial charge on any atom is 0.340 e. The van der Waals surface area contributed by atoms with Crippen molar-refractivity contribution in [3.8, 4) is 0 Å². The second-order valence-corrected chi connectivity index (χ2v) is 8.29. The van der Waals surface area contributed by atoms with Crippen LogP contribution in [0.5, 0.6) is 0 Å². The number of nitrogens with two attached hydrogens (primary N) is 1. The first-order valence-corrected chi connectivity index (χ1v) is 9.84. The van der Waals surface area contributed by atoms with Crippen molar-refractivity contribution in [2.24, 2.45) is 0 Å². The zero-order valence-corrected chi connectivity index (χ0v) is 15.7. The Labute approximate surface area is 155 Å². The van der Waals surface area contributed by atoms with Crippen LogP contribution < -0.4 is 5.73 Å². The maximum absolute atomic E-state index is 12.1. The first-order valence-electron chi connectivity index (χ1n) is 7.24. The van der Waals surface area contributed by atoms with Gasteiger partial charge in [0.15, 0.2) is 6.61 Å². The van der Waals surface area contributed by atoms with Crippen LogP contribution in [0.3, 0.4) is 0 Å². The summed E-state index contributed by atoms with van der Waals surface area (Å²) in [5, 5.41) is 0.331. The number of benzene rings is 1. The molecule has 1 aliphatic heterocycles. The van der Waals surface area contributed by atoms with Crippen molar-refractivity contribution in [2.45, 2.75) is 0 Å². The lowest BCUT2D eigenvalue weighted by Gasteiger charge is -2.33. The van der Waals surface area contributed by atoms with Crippen LogP contribution in [0.15, 0.2) is 12.1 Å². The highest BCUT2D eigenvalue weighted by Crippen LogP contribution is 2.28. The van der Waals surface area contributed by atoms with E-state index in [4.69, 9.17) is 33.7 Å². The summed E-state index contributed by atoms with van der Waals surface area (Å²) in [7, 11) is -3.28. The van der Waals surface area contributed by atoms with Gasteiger partial charge in [-0.25, -0.2) is 13.2 Å². The van der Waals surface area contributed by atoms with E-state index in [1.54, 1.807) is 0 Å². The van der Waals surface area contributed by atoms with Gasteiger partial charge >= 0.3 is 5.97 Å². The second-order valence-electron chi connectivity index (χ2n) is 5.47. The molecule has 1 heterocycles. The lowest BCUT2D eigenvalue weighted by molar-refractivity contribution is -0.135. The topological polar surface area (TPSA) is 110 Å². The number of esters is 1. The van der Waals surface area contributed by atoms with E-state index in [0.717, 1.165) is 6.26 Å². The Balaban J connectivity index is 1.92. The molecule has 25 heavy (non-hydrogen) atoms. The summed E-state index contributed by atoms with van der Waals surface area (Å²) in [6.07, 6.45) is 1.12. The fourth-order valence-corrected chi connectivity index (χ4v) is 3.64. The number of ether oxygens (including phenoxy) is 1. The molecule has 8 nitrogen and oxygen atoms in total. The van der Waals surface area contributed by atoms with Gasteiger partial charge in [-0.05, 0) is 12.1 Å². The Morgan fingerprint density at radius 3 is 2.36 bits per heavy atom. The number of sulfonamides is 1. The largest absolute Gasteiger partial charge is 0.452 e. The van der Waals surface area contributed by atoms with E-state index in [1.165, 1.54) is 21.3 Å². The van der Waals surface area contributed by atoms with Crippen molar-refractivity contribution in [3.63, 3.8) is 0 Å². The SMILES string of the molecule is CS(=O)(=O)N1CCN(C(=O)COC(=O)c2cc(Cl)cc(Cl)c2N)CC1. The molecule has 0 aromatic heterocycles. The molecule has 0 radical (unpaired) electrons. The number of nitrogens with zero attached hydrogens (tertiary/aromatic N) is 2. The third-order valence-electron chi connectivity index (χ3n) is 3.70. The summed E-state index contributed by atoms with van der Waals surface area (Å²) < 4.78 is 29.1. The third-order valence-corrected chi connectivity index (χ3v) is 5.54. The highest BCUT2D eigenvalue weighted by atomic mass is 35.5. The monoisotopic (exact) mass is 409 g/mol. The van der Waals surface area contributed by atoms with Crippen LogP contribution in [0.2, 0.25) is 10.0 Å². The van der Waals surface area contributed by atoms with Gasteiger partial charge in [0, 0.05) is 31.2 Å². The Hall–Kier alpha value is -1.55. The van der Waals surface area contributed by atoms with Gasteiger partial charge in [-0.2, -0.15) is 4.31 Å². The lowest BCUT2D eigenvalue weighted by Crippen LogP contribution is -2.51. The first kappa shape index (κ1) is 19.8. The molecule has 11 heteroatoms. The third kappa shape index (κ3) is 4.97. The molecule has 0 atom stereocenters. The Morgan fingerprint density at radius 1 is 1.20 bits per heavy atom. The predicted octanol–water partition coefficient (Wildman–Crippen LogP) is 0.836. The number of carbonyl (C=O) groups is 2. The first-order chi connectivity index (χ1) is 11.6. The minimum Gasteiger partial charge on any atom is -0.452 e. The molecule has 0 unspecified atom stereocenters. The van der Waals surface area contributed by atoms with E-state index in [0.29, 0.717) is 0 Å². The quantitative estimate of drug-likeness (QED) is 0.582. The number of nitrogen functional groups attached to an aromatic ring is 1. The van der Waals surface area contributed by atoms with Crippen LogP contribution in [0.4, 0.5) is 5.69 Å². The molecule has 0 spiro atoms. The van der Waals surface area contributed by atoms with Gasteiger partial charge in [-0.15, -0.1) is 0 Å². The number of hydrogen-bond acceptors (Lipinski definition) is 6. The highest BCUT2D eigenvalue weighted by molar-refractivity contribution is 7.88. The van der Waals surface area contributed by atoms with E-state index in [2.05, 4.69) is 0 Å². The van der Waals surface area contributed by atoms with E-state index < -0.39 is 28.5 Å². The molecular weight excluding hydrogens is 393 g/mol. The molecule has 0 aliphatic carbocycles. The van der Waals surface area contributed by atoms with Crippen LogP contribution in [0.1, 0.15) is 10.4 Å². The fourth-order valence-electron chi connectivity index (χ4n) is 2.32. The van der Waals surface area contributed by atoms with Gasteiger partial charge in [0.1, 0.15) is 0 Å². The Bertz CT molecular complexity index is 792. The standard InChI is InChI=1S/C14H17Cl2N3O5S/c1-25(22,23)19-4-2-18(3-5-19)12(20)8-24-14(21)10-6-9(15)7-11(16)13(10)17/h6-7H,2-5,8,17H2,1H3. The van der Waals surface area contributed by atoms with Crippen LogP contribution in [-0.2, 0) is 19.6 Å². The smallest absolute Gasteiger partial charge is 0.340 e. The minimum absolute atomic E-state index is 0.0188. The van der Waals surface area contributed by atoms with Crippen molar-refractivity contribution >= 4 is 50.8 Å². The number of amides is 1. The van der Waals surface area contributed by atoms with Crippen molar-refractivity contribution in [1.29, 1.82) is 0 Å². The Morgan fingerprint density at radius 2 is 1.80 bits per heavy atom. The molecule has 2 N–H and O–H groups in total. The van der Waals surface area contributed by atoms with E-state index in [9.17, 15) is 18.0 Å². The van der Waals surface area contributed by atoms with Gasteiger partial charge in [0.25, 0.3) is 5.91 Å². The van der Waals surface area contributed by atoms with Crippen LogP contribution in [-0.4, -0.2) is 68.5 Å². The van der Waals surface area contributed by atoms with E-state index in [-0.39, 0.29) is 47.5 Å². The molecule has 1 saturated heterocycles. The summed E-state index contributed by atoms with van der Waals surface area (Å²) in [5.74, 6) is -1.24. The van der Waals surface area contributed by atoms with Crippen molar-refractivity contribution in [2.75, 3.05) is 44.8 Å². The zero-order valence-electron chi connectivity index (χ0n) is 13.4. The number of anilines is 1. The van der Waals surface area contributed by atoms with Crippen LogP contribution >= 0.6 is 23.2 Å². The van der Waals surface area contributed by atoms with Crippen molar-refractivity contribution < 1.29 is 22.7 Å². The molecule has 1 fully saturated rings. The minimum atomic E-state index is -3.28. The molecule has 2 rings (SSSR count). The molecule has 1 aromatic carbocycles. The summed E-state index contributed by atoms with van der Waals surface area (Å²) in [6, 6.07) is 2.70. The van der Waals surface area contributed by atoms with E-state index in [1.807, 2.05) is 0 Å². The van der Waals surface area contributed by atoms with Crippen LogP contribution in [0, 0.1) is 0 Å². The van der Waals surface area contributed by atoms with Crippen LogP contribution in [0.25, 0.3) is 0 Å². The second kappa shape index (κ2) is 7.77. The average Bonchev–Trinajstić information content (AvgIpc) is 2.55. The number of carbonyl (C=O) groups excluding carboxylic acids is 2. The fraction of sp³-hybridized carbons (Fsp3) is 0.429. The number of piperazine rings is 1. The highest BCUT2D eigenvalue weighted by Gasteiger charge is 2.26. The lowest BCUT2D eigenvalue weighted by atomic mass is 10.2. The summed E-state index contributed by atoms with van der Waals surface area (Å²) in [6.45, 7) is 0.384. The normalized spacial score (nSPS) is 15.9. The number of hydrogen-bond donors (Lipinski definition) is 1. The summed E-state index contributed by atoms with van der Waals surface area (Å²) in [5.41, 5.74) is 5.71. The average molecular weight is 410 g/mol. The summed E-state index contributed by atoms with van der Waals surface area (Å²) in [4.78, 5) is 25.6. The molecule has 1 aliphatic rings. The van der Waals surface area contributed by atoms with Gasteiger partial charge < -0.3 is 15.4 Å². The maximum atomic E-state index is 12.1. The van der Waals surface area contributed by atoms with Gasteiger partial charge in [0.2, 0.25) is 10.0 Å². The molecule has 0 bridgehead atoms. The van der Waals surface area contributed by atoms with Gasteiger partial charge in [-0.1, -0.05) is 23.2 Å². The van der Waals surface area contributed by atoms with Gasteiger partial charge in [0.05, 0.1) is 22.5 Å². The predicted molar refractivity (Wildman–Crippen MR) is 94.2 cm³/mol. The molecular formula is C14H17Cl2N3O5S. The molecule has 1 amide bonds. The van der Waals surface area contributed by atoms with Crippen molar-refractivity contribution in [1.82, 2.24) is 9.21 Å². The number of halogens is 2. The van der Waals surface area contributed by atoms with E-state index >= 15 is 0 Å². The van der Waals surface area contributed by atoms with Crippen molar-refractivity contribution in [3.05, 3.63) is 27.7 Å². The Kier molecular flexibility index (Phi) is 6.15. The molecule has 1 aromatic rings. The number of rotatable bonds is 4. The molecule has 138 valence electrons. The van der Waals surface area contributed by atoms with Gasteiger partial charge in [-0.3, -0.25) is 4.79 Å². The molecule has 0 saturated carbocycles. The summed E-state index contributed by atoms with van der Waals surface area (Å²) >= 11 is 11.7. The zero-order chi connectivity index (χ0) is 18.8.